The van der Waals surface area contributed by atoms with E-state index in [2.05, 4.69) is 0 Å². The lowest BCUT2D eigenvalue weighted by Crippen LogP contribution is -2.10. The number of hydrogen-bond donors (Lipinski definition) is 2. The van der Waals surface area contributed by atoms with Gasteiger partial charge in [-0.1, -0.05) is 72.8 Å². The van der Waals surface area contributed by atoms with Crippen LogP contribution in [0.25, 0.3) is 42.4 Å². The predicted octanol–water partition coefficient (Wildman–Crippen LogP) is 13.4. The summed E-state index contributed by atoms with van der Waals surface area (Å²) in [6.07, 6.45) is -8.35. The second kappa shape index (κ2) is 16.7. The lowest BCUT2D eigenvalue weighted by molar-refractivity contribution is -0.138. The highest BCUT2D eigenvalue weighted by Crippen LogP contribution is 2.40. The number of rotatable bonds is 8. The molecule has 1 amide bonds. The third kappa shape index (κ3) is 9.24. The largest absolute Gasteiger partial charge is 0.478 e. The lowest BCUT2D eigenvalue weighted by atomic mass is 10.0. The van der Waals surface area contributed by atoms with Crippen LogP contribution in [0.5, 0.6) is 0 Å². The second-order valence-electron chi connectivity index (χ2n) is 13.7. The van der Waals surface area contributed by atoms with Crippen molar-refractivity contribution in [1.29, 1.82) is 0 Å². The molecule has 0 aliphatic rings. The Morgan fingerprint density at radius 3 is 1.37 bits per heavy atom. The number of alkyl halides is 6. The average molecular weight is 860 g/mol. The molecule has 8 aromatic rings. The molecule has 0 unspecified atom stereocenters. The number of fused-ring (bicyclic) bond motifs is 2. The van der Waals surface area contributed by atoms with Crippen LogP contribution in [-0.4, -0.2) is 17.0 Å². The van der Waals surface area contributed by atoms with Gasteiger partial charge in [0.15, 0.2) is 0 Å². The first-order valence-corrected chi connectivity index (χ1v) is 19.6. The van der Waals surface area contributed by atoms with Gasteiger partial charge in [-0.2, -0.15) is 26.3 Å². The predicted molar refractivity (Wildman–Crippen MR) is 218 cm³/mol. The van der Waals surface area contributed by atoms with Crippen molar-refractivity contribution >= 4 is 54.7 Å². The van der Waals surface area contributed by atoms with Crippen LogP contribution in [0.2, 0.25) is 0 Å². The van der Waals surface area contributed by atoms with E-state index >= 15 is 0 Å². The van der Waals surface area contributed by atoms with Crippen molar-refractivity contribution in [3.63, 3.8) is 0 Å². The van der Waals surface area contributed by atoms with Gasteiger partial charge in [-0.05, 0) is 94.0 Å². The molecule has 0 atom stereocenters. The molecular weight excluding hydrogens is 831 g/mol. The average Bonchev–Trinajstić information content (AvgIpc) is 3.84. The maximum Gasteiger partial charge on any atom is 0.416 e. The van der Waals surface area contributed by atoms with Gasteiger partial charge >= 0.3 is 18.3 Å². The van der Waals surface area contributed by atoms with Gasteiger partial charge in [0.1, 0.15) is 11.6 Å². The third-order valence-corrected chi connectivity index (χ3v) is 11.8. The Labute approximate surface area is 344 Å². The first-order valence-electron chi connectivity index (χ1n) is 17.9. The van der Waals surface area contributed by atoms with Crippen LogP contribution in [0, 0.1) is 11.6 Å². The summed E-state index contributed by atoms with van der Waals surface area (Å²) in [6.45, 7) is 0. The number of primary amides is 1. The molecule has 304 valence electrons. The first-order chi connectivity index (χ1) is 28.4. The minimum atomic E-state index is -4.43. The highest BCUT2D eigenvalue weighted by molar-refractivity contribution is 7.20. The van der Waals surface area contributed by atoms with Crippen LogP contribution >= 0.6 is 22.7 Å². The van der Waals surface area contributed by atoms with Crippen LogP contribution in [0.15, 0.2) is 133 Å². The van der Waals surface area contributed by atoms with E-state index in [1.165, 1.54) is 59.1 Å². The minimum absolute atomic E-state index is 0.116. The molecule has 4 nitrogen and oxygen atoms in total. The molecule has 60 heavy (non-hydrogen) atoms. The van der Waals surface area contributed by atoms with E-state index in [0.29, 0.717) is 58.4 Å². The first kappa shape index (κ1) is 41.8. The van der Waals surface area contributed by atoms with Crippen molar-refractivity contribution in [2.75, 3.05) is 0 Å². The quantitative estimate of drug-likeness (QED) is 0.149. The van der Waals surface area contributed by atoms with Crippen molar-refractivity contribution in [2.24, 2.45) is 5.73 Å². The molecule has 8 rings (SSSR count). The fraction of sp³-hybridized carbons (Fsp3) is 0.0870. The Morgan fingerprint density at radius 2 is 0.950 bits per heavy atom. The van der Waals surface area contributed by atoms with Crippen molar-refractivity contribution in [1.82, 2.24) is 0 Å². The number of carboxylic acid groups (broad SMARTS) is 1. The molecule has 0 saturated heterocycles. The molecule has 0 radical (unpaired) electrons. The van der Waals surface area contributed by atoms with E-state index in [0.717, 1.165) is 34.7 Å². The summed E-state index contributed by atoms with van der Waals surface area (Å²) in [4.78, 5) is 24.2. The normalized spacial score (nSPS) is 11.7. The smallest absolute Gasteiger partial charge is 0.416 e. The van der Waals surface area contributed by atoms with Gasteiger partial charge in [0.25, 0.3) is 0 Å². The Bertz CT molecular complexity index is 2720. The van der Waals surface area contributed by atoms with E-state index in [4.69, 9.17) is 5.73 Å². The van der Waals surface area contributed by atoms with E-state index < -0.39 is 47.0 Å². The zero-order chi connectivity index (χ0) is 42.9. The number of thiophene rings is 2. The Kier molecular flexibility index (Phi) is 11.6. The van der Waals surface area contributed by atoms with Crippen LogP contribution in [0.3, 0.4) is 0 Å². The summed E-state index contributed by atoms with van der Waals surface area (Å²) >= 11 is 2.60. The van der Waals surface area contributed by atoms with Crippen LogP contribution in [-0.2, 0) is 25.2 Å². The molecule has 6 aromatic carbocycles. The summed E-state index contributed by atoms with van der Waals surface area (Å²) in [5.74, 6) is -2.47. The van der Waals surface area contributed by atoms with E-state index in [9.17, 15) is 49.8 Å². The zero-order valence-electron chi connectivity index (χ0n) is 30.8. The van der Waals surface area contributed by atoms with E-state index in [1.807, 2.05) is 0 Å². The molecule has 0 spiro atoms. The van der Waals surface area contributed by atoms with E-state index in [-0.39, 0.29) is 18.4 Å². The topological polar surface area (TPSA) is 80.4 Å². The summed E-state index contributed by atoms with van der Waals surface area (Å²) in [6, 6.07) is 32.4. The fourth-order valence-electron chi connectivity index (χ4n) is 6.69. The van der Waals surface area contributed by atoms with Gasteiger partial charge in [-0.25, -0.2) is 13.6 Å². The standard InChI is InChI=1S/C23H15F4NOS.C23H14F4O2S/c2*24-20-8-7-18(14-4-2-5-15(11-14)22(28)29)21-19(20)12-17(30-21)10-13-3-1-6-16(9-13)23(25,26)27/h1-9,11-12H,10H2,(H2,28,29);1-9,11-12H,10H2,(H,28,29). The second-order valence-corrected chi connectivity index (χ2v) is 16.0. The lowest BCUT2D eigenvalue weighted by Gasteiger charge is -2.08. The molecular formula is C46H29F8NO3S2. The third-order valence-electron chi connectivity index (χ3n) is 9.51. The number of halogens is 8. The molecule has 2 heterocycles. The molecule has 3 N–H and O–H groups in total. The van der Waals surface area contributed by atoms with Gasteiger partial charge in [-0.3, -0.25) is 4.79 Å². The Hall–Kier alpha value is -6.38. The van der Waals surface area contributed by atoms with Gasteiger partial charge < -0.3 is 10.8 Å². The Balaban J connectivity index is 0.000000181. The number of aromatic carboxylic acids is 1. The summed E-state index contributed by atoms with van der Waals surface area (Å²) in [7, 11) is 0. The molecule has 0 fully saturated rings. The molecule has 14 heteroatoms. The monoisotopic (exact) mass is 859 g/mol. The van der Waals surface area contributed by atoms with Crippen LogP contribution in [0.1, 0.15) is 52.7 Å². The number of carbonyl (C=O) groups is 2. The highest BCUT2D eigenvalue weighted by atomic mass is 32.1. The van der Waals surface area contributed by atoms with Crippen molar-refractivity contribution in [2.45, 2.75) is 25.2 Å². The number of carbonyl (C=O) groups excluding carboxylic acids is 1. The SMILES string of the molecule is NC(=O)c1cccc(-c2ccc(F)c3cc(Cc4cccc(C(F)(F)F)c4)sc23)c1.O=C(O)c1cccc(-c2ccc(F)c3cc(Cc4cccc(C(F)(F)F)c4)sc23)c1. The van der Waals surface area contributed by atoms with Gasteiger partial charge in [0, 0.05) is 48.3 Å². The highest BCUT2D eigenvalue weighted by Gasteiger charge is 2.31. The zero-order valence-corrected chi connectivity index (χ0v) is 32.4. The maximum atomic E-state index is 14.4. The number of amides is 1. The Morgan fingerprint density at radius 1 is 0.533 bits per heavy atom. The van der Waals surface area contributed by atoms with Crippen molar-refractivity contribution < 1.29 is 49.8 Å². The molecule has 0 aliphatic heterocycles. The van der Waals surface area contributed by atoms with Gasteiger partial charge in [0.05, 0.1) is 16.7 Å². The van der Waals surface area contributed by atoms with E-state index in [1.54, 1.807) is 72.8 Å². The van der Waals surface area contributed by atoms with Gasteiger partial charge in [0.2, 0.25) is 5.91 Å². The molecule has 2 aromatic heterocycles. The molecule has 0 bridgehead atoms. The van der Waals surface area contributed by atoms with Crippen molar-refractivity contribution in [3.05, 3.63) is 188 Å². The minimum Gasteiger partial charge on any atom is -0.478 e. The van der Waals surface area contributed by atoms with Gasteiger partial charge in [-0.15, -0.1) is 22.7 Å². The fourth-order valence-corrected chi connectivity index (χ4v) is 9.17. The maximum absolute atomic E-state index is 14.4. The molecule has 0 saturated carbocycles. The number of carboxylic acids is 1. The summed E-state index contributed by atoms with van der Waals surface area (Å²) in [5.41, 5.74) is 8.10. The van der Waals surface area contributed by atoms with Crippen LogP contribution < -0.4 is 5.73 Å². The summed E-state index contributed by atoms with van der Waals surface area (Å²) in [5, 5.41) is 9.98. The number of nitrogens with two attached hydrogens (primary N) is 1. The van der Waals surface area contributed by atoms with Crippen molar-refractivity contribution in [3.8, 4) is 22.3 Å². The van der Waals surface area contributed by atoms with Crippen LogP contribution in [0.4, 0.5) is 35.1 Å². The number of hydrogen-bond acceptors (Lipinski definition) is 4. The molecule has 0 aliphatic carbocycles. The number of benzene rings is 6. The summed E-state index contributed by atoms with van der Waals surface area (Å²) < 4.78 is 108.